The maximum Gasteiger partial charge on any atom is 0.356 e. The number of ether oxygens (including phenoxy) is 1. The molecule has 0 unspecified atom stereocenters. The van der Waals surface area contributed by atoms with E-state index < -0.39 is 10.9 Å². The molecule has 0 aliphatic heterocycles. The maximum atomic E-state index is 11.4. The summed E-state index contributed by atoms with van der Waals surface area (Å²) in [7, 11) is 0. The van der Waals surface area contributed by atoms with E-state index in [2.05, 4.69) is 9.89 Å². The summed E-state index contributed by atoms with van der Waals surface area (Å²) < 4.78 is 4.67. The van der Waals surface area contributed by atoms with Crippen LogP contribution >= 0.6 is 11.6 Å². The molecule has 0 bridgehead atoms. The number of rotatable bonds is 5. The van der Waals surface area contributed by atoms with Crippen molar-refractivity contribution in [1.29, 1.82) is 0 Å². The lowest BCUT2D eigenvalue weighted by Crippen LogP contribution is -2.20. The number of nitro benzene ring substituents is 1. The van der Waals surface area contributed by atoms with Crippen molar-refractivity contribution in [3.05, 3.63) is 38.9 Å². The minimum Gasteiger partial charge on any atom is -0.461 e. The van der Waals surface area contributed by atoms with Crippen molar-refractivity contribution < 1.29 is 19.7 Å². The first-order valence-electron chi connectivity index (χ1n) is 5.30. The molecule has 1 aromatic rings. The molecule has 0 fully saturated rings. The quantitative estimate of drug-likeness (QED) is 0.294. The summed E-state index contributed by atoms with van der Waals surface area (Å²) in [6.45, 7) is 1.71. The van der Waals surface area contributed by atoms with Crippen LogP contribution in [0.3, 0.4) is 0 Å². The third kappa shape index (κ3) is 3.92. The van der Waals surface area contributed by atoms with E-state index in [9.17, 15) is 14.9 Å². The molecule has 0 aliphatic rings. The van der Waals surface area contributed by atoms with Crippen LogP contribution < -0.4 is 0 Å². The molecule has 7 nitrogen and oxygen atoms in total. The van der Waals surface area contributed by atoms with Crippen LogP contribution in [0.25, 0.3) is 0 Å². The standard InChI is InChI=1S/C11H11ClN2O5/c1-2-19-11(15)9(13-16)5-7-3-4-8(12)6-10(7)14(17)18/h3-4,6,16H,2,5H2,1H3/b13-9-. The molecular formula is C11H11ClN2O5. The van der Waals surface area contributed by atoms with Gasteiger partial charge in [-0.1, -0.05) is 22.8 Å². The summed E-state index contributed by atoms with van der Waals surface area (Å²) in [4.78, 5) is 21.7. The zero-order chi connectivity index (χ0) is 14.4. The Labute approximate surface area is 113 Å². The van der Waals surface area contributed by atoms with E-state index in [-0.39, 0.29) is 35.0 Å². The second kappa shape index (κ2) is 6.69. The van der Waals surface area contributed by atoms with Crippen molar-refractivity contribution in [2.45, 2.75) is 13.3 Å². The van der Waals surface area contributed by atoms with Crippen molar-refractivity contribution in [3.8, 4) is 0 Å². The van der Waals surface area contributed by atoms with E-state index in [1.54, 1.807) is 6.92 Å². The third-order valence-corrected chi connectivity index (χ3v) is 2.47. The van der Waals surface area contributed by atoms with Gasteiger partial charge in [-0.2, -0.15) is 0 Å². The van der Waals surface area contributed by atoms with Crippen molar-refractivity contribution in [2.75, 3.05) is 6.61 Å². The molecular weight excluding hydrogens is 276 g/mol. The van der Waals surface area contributed by atoms with Crippen molar-refractivity contribution in [1.82, 2.24) is 0 Å². The average Bonchev–Trinajstić information content (AvgIpc) is 2.37. The molecule has 8 heteroatoms. The second-order valence-electron chi connectivity index (χ2n) is 3.47. The second-order valence-corrected chi connectivity index (χ2v) is 3.91. The van der Waals surface area contributed by atoms with Crippen LogP contribution in [0, 0.1) is 10.1 Å². The van der Waals surface area contributed by atoms with Crippen molar-refractivity contribution in [2.24, 2.45) is 5.16 Å². The number of hydrogen-bond acceptors (Lipinski definition) is 6. The first kappa shape index (κ1) is 14.9. The molecule has 102 valence electrons. The van der Waals surface area contributed by atoms with Gasteiger partial charge in [0.1, 0.15) is 0 Å². The first-order valence-corrected chi connectivity index (χ1v) is 5.68. The van der Waals surface area contributed by atoms with Gasteiger partial charge in [0.15, 0.2) is 5.71 Å². The van der Waals surface area contributed by atoms with Gasteiger partial charge in [0.25, 0.3) is 5.69 Å². The zero-order valence-electron chi connectivity index (χ0n) is 10.00. The summed E-state index contributed by atoms with van der Waals surface area (Å²) in [6, 6.07) is 4.01. The highest BCUT2D eigenvalue weighted by Crippen LogP contribution is 2.24. The molecule has 0 atom stereocenters. The summed E-state index contributed by atoms with van der Waals surface area (Å²) in [5, 5.41) is 22.6. The highest BCUT2D eigenvalue weighted by atomic mass is 35.5. The number of halogens is 1. The van der Waals surface area contributed by atoms with Gasteiger partial charge in [0.2, 0.25) is 0 Å². The molecule has 0 saturated heterocycles. The van der Waals surface area contributed by atoms with Crippen LogP contribution in [0.5, 0.6) is 0 Å². The van der Waals surface area contributed by atoms with Crippen LogP contribution in [0.15, 0.2) is 23.4 Å². The highest BCUT2D eigenvalue weighted by molar-refractivity contribution is 6.37. The third-order valence-electron chi connectivity index (χ3n) is 2.23. The predicted octanol–water partition coefficient (Wildman–Crippen LogP) is 2.18. The molecule has 1 N–H and O–H groups in total. The van der Waals surface area contributed by atoms with E-state index in [0.717, 1.165) is 6.07 Å². The van der Waals surface area contributed by atoms with Crippen LogP contribution in [-0.2, 0) is 16.0 Å². The summed E-state index contributed by atoms with van der Waals surface area (Å²) in [5.41, 5.74) is -0.361. The molecule has 0 aromatic heterocycles. The van der Waals surface area contributed by atoms with Gasteiger partial charge >= 0.3 is 5.97 Å². The Morgan fingerprint density at radius 1 is 1.58 bits per heavy atom. The van der Waals surface area contributed by atoms with E-state index in [1.165, 1.54) is 12.1 Å². The van der Waals surface area contributed by atoms with Crippen LogP contribution in [0.4, 0.5) is 5.69 Å². The molecule has 0 radical (unpaired) electrons. The minimum absolute atomic E-state index is 0.112. The Kier molecular flexibility index (Phi) is 5.25. The number of oxime groups is 1. The molecule has 0 amide bonds. The van der Waals surface area contributed by atoms with Gasteiger partial charge in [0, 0.05) is 23.1 Å². The topological polar surface area (TPSA) is 102 Å². The van der Waals surface area contributed by atoms with Gasteiger partial charge < -0.3 is 9.94 Å². The molecule has 1 rings (SSSR count). The normalized spacial score (nSPS) is 11.2. The fraction of sp³-hybridized carbons (Fsp3) is 0.273. The largest absolute Gasteiger partial charge is 0.461 e. The van der Waals surface area contributed by atoms with Gasteiger partial charge in [-0.3, -0.25) is 10.1 Å². The van der Waals surface area contributed by atoms with E-state index >= 15 is 0 Å². The number of carbonyl (C=O) groups is 1. The fourth-order valence-electron chi connectivity index (χ4n) is 1.40. The van der Waals surface area contributed by atoms with Crippen molar-refractivity contribution >= 4 is 29.0 Å². The lowest BCUT2D eigenvalue weighted by molar-refractivity contribution is -0.385. The number of benzene rings is 1. The van der Waals surface area contributed by atoms with Crippen LogP contribution in [0.1, 0.15) is 12.5 Å². The van der Waals surface area contributed by atoms with E-state index in [4.69, 9.17) is 16.8 Å². The Morgan fingerprint density at radius 3 is 2.79 bits per heavy atom. The molecule has 0 heterocycles. The smallest absolute Gasteiger partial charge is 0.356 e. The summed E-state index contributed by atoms with van der Waals surface area (Å²) in [5.74, 6) is -0.825. The fourth-order valence-corrected chi connectivity index (χ4v) is 1.57. The zero-order valence-corrected chi connectivity index (χ0v) is 10.8. The summed E-state index contributed by atoms with van der Waals surface area (Å²) in [6.07, 6.45) is -0.219. The SMILES string of the molecule is CCOC(=O)/C(Cc1ccc(Cl)cc1[N+](=O)[O-])=N\O. The van der Waals surface area contributed by atoms with E-state index in [1.807, 2.05) is 0 Å². The minimum atomic E-state index is -0.825. The van der Waals surface area contributed by atoms with Gasteiger partial charge in [-0.05, 0) is 13.0 Å². The Hall–Kier alpha value is -2.15. The Bertz CT molecular complexity index is 530. The van der Waals surface area contributed by atoms with Gasteiger partial charge in [0.05, 0.1) is 11.5 Å². The molecule has 0 aliphatic carbocycles. The maximum absolute atomic E-state index is 11.4. The molecule has 19 heavy (non-hydrogen) atoms. The lowest BCUT2D eigenvalue weighted by Gasteiger charge is -2.05. The Balaban J connectivity index is 3.04. The number of hydrogen-bond donors (Lipinski definition) is 1. The number of esters is 1. The van der Waals surface area contributed by atoms with Crippen LogP contribution in [-0.4, -0.2) is 28.4 Å². The van der Waals surface area contributed by atoms with Gasteiger partial charge in [-0.25, -0.2) is 4.79 Å². The number of nitro groups is 1. The predicted molar refractivity (Wildman–Crippen MR) is 67.7 cm³/mol. The van der Waals surface area contributed by atoms with E-state index in [0.29, 0.717) is 0 Å². The Morgan fingerprint density at radius 2 is 2.26 bits per heavy atom. The summed E-state index contributed by atoms with van der Waals surface area (Å²) >= 11 is 5.67. The van der Waals surface area contributed by atoms with Crippen molar-refractivity contribution in [3.63, 3.8) is 0 Å². The monoisotopic (exact) mass is 286 g/mol. The molecule has 0 saturated carbocycles. The number of carbonyl (C=O) groups excluding carboxylic acids is 1. The highest BCUT2D eigenvalue weighted by Gasteiger charge is 2.21. The number of nitrogens with zero attached hydrogens (tertiary/aromatic N) is 2. The van der Waals surface area contributed by atoms with Crippen LogP contribution in [0.2, 0.25) is 5.02 Å². The van der Waals surface area contributed by atoms with Gasteiger partial charge in [-0.15, -0.1) is 0 Å². The molecule has 0 spiro atoms. The average molecular weight is 287 g/mol. The lowest BCUT2D eigenvalue weighted by atomic mass is 10.1. The molecule has 1 aromatic carbocycles. The first-order chi connectivity index (χ1) is 8.99.